The number of esters is 2. The largest absolute Gasteiger partial charge is 0.472 e. The Labute approximate surface area is 322 Å². The highest BCUT2D eigenvalue weighted by atomic mass is 31.2. The van der Waals surface area contributed by atoms with Crippen LogP contribution in [-0.4, -0.2) is 65.7 Å². The lowest BCUT2D eigenvalue weighted by Crippen LogP contribution is -2.29. The number of hydrogen-bond acceptors (Lipinski definition) is 9. The molecular weight excluding hydrogens is 695 g/mol. The summed E-state index contributed by atoms with van der Waals surface area (Å²) in [5, 5.41) is 18.3. The summed E-state index contributed by atoms with van der Waals surface area (Å²) in [6, 6.07) is 0. The van der Waals surface area contributed by atoms with E-state index in [4.69, 9.17) is 19.1 Å². The zero-order valence-corrected chi connectivity index (χ0v) is 34.1. The van der Waals surface area contributed by atoms with Gasteiger partial charge in [-0.25, -0.2) is 9.36 Å². The van der Waals surface area contributed by atoms with Crippen molar-refractivity contribution in [3.05, 3.63) is 48.6 Å². The molecule has 0 heterocycles. The SMILES string of the molecule is CCCCC/C=C/C/C=C/CCCCCCCC(=O)OC[C@H](COP(=O)(O)OC[C@@H](O)CO)OC(=O)/C=C/C=C/CCCCCCCCCCCCC. The monoisotopic (exact) mass is 771 g/mol. The first-order valence-corrected chi connectivity index (χ1v) is 22.1. The number of phosphoric acid groups is 1. The van der Waals surface area contributed by atoms with Gasteiger partial charge in [-0.05, 0) is 51.4 Å². The van der Waals surface area contributed by atoms with E-state index in [0.29, 0.717) is 6.42 Å². The molecular formula is C42H75O10P. The molecule has 0 amide bonds. The lowest BCUT2D eigenvalue weighted by atomic mass is 10.1. The van der Waals surface area contributed by atoms with Crippen LogP contribution in [0.1, 0.15) is 168 Å². The van der Waals surface area contributed by atoms with Crippen LogP contribution >= 0.6 is 7.82 Å². The number of rotatable bonds is 38. The predicted molar refractivity (Wildman–Crippen MR) is 214 cm³/mol. The average Bonchev–Trinajstić information content (AvgIpc) is 3.14. The maximum Gasteiger partial charge on any atom is 0.472 e. The van der Waals surface area contributed by atoms with Gasteiger partial charge in [0.05, 0.1) is 19.8 Å². The fourth-order valence-electron chi connectivity index (χ4n) is 5.34. The third kappa shape index (κ3) is 38.0. The van der Waals surface area contributed by atoms with Crippen LogP contribution in [-0.2, 0) is 32.7 Å². The van der Waals surface area contributed by atoms with Gasteiger partial charge in [-0.1, -0.05) is 153 Å². The number of aliphatic hydroxyl groups excluding tert-OH is 2. The second-order valence-corrected chi connectivity index (χ2v) is 15.2. The molecule has 0 bridgehead atoms. The summed E-state index contributed by atoms with van der Waals surface area (Å²) in [4.78, 5) is 34.8. The van der Waals surface area contributed by atoms with Crippen LogP contribution in [0.4, 0.5) is 0 Å². The Morgan fingerprint density at radius 3 is 1.70 bits per heavy atom. The molecule has 1 unspecified atom stereocenters. The Balaban J connectivity index is 4.46. The molecule has 0 fully saturated rings. The van der Waals surface area contributed by atoms with E-state index in [9.17, 15) is 24.2 Å². The van der Waals surface area contributed by atoms with Gasteiger partial charge in [0.25, 0.3) is 0 Å². The number of hydrogen-bond donors (Lipinski definition) is 3. The Kier molecular flexibility index (Phi) is 36.7. The molecule has 10 nitrogen and oxygen atoms in total. The van der Waals surface area contributed by atoms with Crippen LogP contribution in [0.5, 0.6) is 0 Å². The van der Waals surface area contributed by atoms with Crippen molar-refractivity contribution in [1.29, 1.82) is 0 Å². The first-order valence-electron chi connectivity index (χ1n) is 20.6. The Morgan fingerprint density at radius 1 is 0.623 bits per heavy atom. The summed E-state index contributed by atoms with van der Waals surface area (Å²) in [6.45, 7) is 2.20. The van der Waals surface area contributed by atoms with Crippen LogP contribution in [0.3, 0.4) is 0 Å². The van der Waals surface area contributed by atoms with E-state index in [1.165, 1.54) is 89.5 Å². The normalized spacial score (nSPS) is 14.4. The molecule has 0 aromatic heterocycles. The molecule has 0 aliphatic heterocycles. The van der Waals surface area contributed by atoms with E-state index in [1.807, 2.05) is 6.08 Å². The highest BCUT2D eigenvalue weighted by molar-refractivity contribution is 7.47. The van der Waals surface area contributed by atoms with Gasteiger partial charge >= 0.3 is 19.8 Å². The zero-order valence-electron chi connectivity index (χ0n) is 33.2. The van der Waals surface area contributed by atoms with Gasteiger partial charge in [0.1, 0.15) is 12.7 Å². The summed E-state index contributed by atoms with van der Waals surface area (Å²) in [5.41, 5.74) is 0. The van der Waals surface area contributed by atoms with Gasteiger partial charge in [0.15, 0.2) is 6.10 Å². The molecule has 0 saturated heterocycles. The number of aliphatic hydroxyl groups is 2. The minimum atomic E-state index is -4.64. The first kappa shape index (κ1) is 50.9. The van der Waals surface area contributed by atoms with E-state index in [1.54, 1.807) is 12.2 Å². The fraction of sp³-hybridized carbons (Fsp3) is 0.762. The molecule has 0 saturated carbocycles. The summed E-state index contributed by atoms with van der Waals surface area (Å²) >= 11 is 0. The molecule has 53 heavy (non-hydrogen) atoms. The van der Waals surface area contributed by atoms with E-state index < -0.39 is 51.8 Å². The van der Waals surface area contributed by atoms with Crippen molar-refractivity contribution in [2.24, 2.45) is 0 Å². The summed E-state index contributed by atoms with van der Waals surface area (Å²) in [5.74, 6) is -1.20. The molecule has 3 N–H and O–H groups in total. The molecule has 0 rings (SSSR count). The number of ether oxygens (including phenoxy) is 2. The second kappa shape index (κ2) is 38.2. The Morgan fingerprint density at radius 2 is 1.11 bits per heavy atom. The third-order valence-corrected chi connectivity index (χ3v) is 9.51. The van der Waals surface area contributed by atoms with Gasteiger partial charge < -0.3 is 24.6 Å². The molecule has 0 radical (unpaired) electrons. The van der Waals surface area contributed by atoms with Crippen LogP contribution in [0, 0.1) is 0 Å². The minimum absolute atomic E-state index is 0.205. The number of carbonyl (C=O) groups excluding carboxylic acids is 2. The van der Waals surface area contributed by atoms with E-state index in [0.717, 1.165) is 57.8 Å². The van der Waals surface area contributed by atoms with Crippen LogP contribution in [0.15, 0.2) is 48.6 Å². The van der Waals surface area contributed by atoms with Gasteiger partial charge in [-0.2, -0.15) is 0 Å². The van der Waals surface area contributed by atoms with Crippen molar-refractivity contribution >= 4 is 19.8 Å². The maximum atomic E-state index is 12.5. The molecule has 3 atom stereocenters. The lowest BCUT2D eigenvalue weighted by molar-refractivity contribution is -0.157. The Bertz CT molecular complexity index is 1030. The summed E-state index contributed by atoms with van der Waals surface area (Å²) in [6.07, 6.45) is 40.0. The van der Waals surface area contributed by atoms with Crippen molar-refractivity contribution in [1.82, 2.24) is 0 Å². The van der Waals surface area contributed by atoms with Crippen molar-refractivity contribution in [3.8, 4) is 0 Å². The lowest BCUT2D eigenvalue weighted by Gasteiger charge is -2.19. The van der Waals surface area contributed by atoms with Crippen LogP contribution in [0.2, 0.25) is 0 Å². The molecule has 0 aliphatic carbocycles. The second-order valence-electron chi connectivity index (χ2n) is 13.7. The van der Waals surface area contributed by atoms with Crippen molar-refractivity contribution < 1.29 is 47.8 Å². The average molecular weight is 771 g/mol. The molecule has 0 spiro atoms. The zero-order chi connectivity index (χ0) is 39.1. The Hall–Kier alpha value is -2.07. The summed E-state index contributed by atoms with van der Waals surface area (Å²) in [7, 11) is -4.64. The molecule has 11 heteroatoms. The van der Waals surface area contributed by atoms with Gasteiger partial charge in [0, 0.05) is 12.5 Å². The quantitative estimate of drug-likeness (QED) is 0.0138. The fourth-order valence-corrected chi connectivity index (χ4v) is 6.13. The van der Waals surface area contributed by atoms with E-state index >= 15 is 0 Å². The van der Waals surface area contributed by atoms with Gasteiger partial charge in [-0.15, -0.1) is 0 Å². The van der Waals surface area contributed by atoms with Gasteiger partial charge in [-0.3, -0.25) is 13.8 Å². The first-order chi connectivity index (χ1) is 25.7. The van der Waals surface area contributed by atoms with E-state index in [2.05, 4.69) is 42.7 Å². The standard InChI is InChI=1S/C42H75O10P/c1-3-5-7-9-11-13-15-17-19-21-23-25-27-29-31-33-41(45)49-37-40(38-51-53(47,48)50-36-39(44)35-43)52-42(46)34-32-30-28-26-24-22-20-18-16-14-12-10-8-6-4-2/h11,13,17,19,28,30,32,34,39-40,43-44H,3-10,12,14-16,18,20-27,29,31,33,35-38H2,1-2H3,(H,47,48)/b13-11+,19-17+,30-28+,34-32+/t39-,40+/m0/s1. The smallest absolute Gasteiger partial charge is 0.462 e. The molecule has 0 aliphatic rings. The predicted octanol–water partition coefficient (Wildman–Crippen LogP) is 10.6. The maximum absolute atomic E-state index is 12.5. The molecule has 0 aromatic carbocycles. The number of allylic oxidation sites excluding steroid dienone is 7. The van der Waals surface area contributed by atoms with Crippen LogP contribution < -0.4 is 0 Å². The number of unbranched alkanes of at least 4 members (excludes halogenated alkanes) is 19. The highest BCUT2D eigenvalue weighted by Crippen LogP contribution is 2.43. The number of carbonyl (C=O) groups is 2. The van der Waals surface area contributed by atoms with E-state index in [-0.39, 0.29) is 13.0 Å². The van der Waals surface area contributed by atoms with Gasteiger partial charge in [0.2, 0.25) is 0 Å². The molecule has 308 valence electrons. The number of phosphoric ester groups is 1. The van der Waals surface area contributed by atoms with Crippen molar-refractivity contribution in [2.45, 2.75) is 180 Å². The van der Waals surface area contributed by atoms with Crippen molar-refractivity contribution in [2.75, 3.05) is 26.4 Å². The third-order valence-electron chi connectivity index (χ3n) is 8.56. The van der Waals surface area contributed by atoms with Crippen LogP contribution in [0.25, 0.3) is 0 Å². The highest BCUT2D eigenvalue weighted by Gasteiger charge is 2.26. The molecule has 0 aromatic rings. The minimum Gasteiger partial charge on any atom is -0.462 e. The topological polar surface area (TPSA) is 149 Å². The summed E-state index contributed by atoms with van der Waals surface area (Å²) < 4.78 is 32.4. The van der Waals surface area contributed by atoms with Crippen molar-refractivity contribution in [3.63, 3.8) is 0 Å².